The van der Waals surface area contributed by atoms with Crippen LogP contribution in [0.15, 0.2) is 23.1 Å². The van der Waals surface area contributed by atoms with Crippen molar-refractivity contribution in [3.63, 3.8) is 0 Å². The van der Waals surface area contributed by atoms with Crippen LogP contribution in [0.3, 0.4) is 0 Å². The molecule has 1 aromatic heterocycles. The third-order valence-electron chi connectivity index (χ3n) is 2.93. The van der Waals surface area contributed by atoms with E-state index in [0.717, 1.165) is 0 Å². The lowest BCUT2D eigenvalue weighted by atomic mass is 9.99. The van der Waals surface area contributed by atoms with Gasteiger partial charge in [0, 0.05) is 43.9 Å². The summed E-state index contributed by atoms with van der Waals surface area (Å²) in [6.45, 7) is 2.01. The zero-order valence-electron chi connectivity index (χ0n) is 9.22. The number of carbonyl (C=O) groups is 1. The molecule has 5 nitrogen and oxygen atoms in total. The van der Waals surface area contributed by atoms with Crippen LogP contribution in [-0.4, -0.2) is 35.0 Å². The quantitative estimate of drug-likeness (QED) is 0.726. The number of rotatable bonds is 2. The number of nitrogens with two attached hydrogens (primary N) is 1. The number of aryl methyl sites for hydroxylation is 1. The van der Waals surface area contributed by atoms with Gasteiger partial charge in [-0.25, -0.2) is 0 Å². The minimum Gasteiger partial charge on any atom is -0.338 e. The monoisotopic (exact) mass is 221 g/mol. The minimum atomic E-state index is -0.165. The molecule has 0 spiro atoms. The molecule has 2 heterocycles. The fourth-order valence-electron chi connectivity index (χ4n) is 1.75. The third kappa shape index (κ3) is 1.86. The molecule has 0 aliphatic carbocycles. The maximum atomic E-state index is 11.9. The van der Waals surface area contributed by atoms with Crippen LogP contribution in [0.1, 0.15) is 10.4 Å². The minimum absolute atomic E-state index is 0.0811. The van der Waals surface area contributed by atoms with Crippen molar-refractivity contribution in [3.8, 4) is 0 Å². The molecule has 0 unspecified atom stereocenters. The van der Waals surface area contributed by atoms with E-state index in [1.54, 1.807) is 24.2 Å². The fourth-order valence-corrected chi connectivity index (χ4v) is 1.75. The first-order valence-electron chi connectivity index (χ1n) is 5.28. The van der Waals surface area contributed by atoms with Gasteiger partial charge in [-0.3, -0.25) is 9.59 Å². The van der Waals surface area contributed by atoms with Crippen LogP contribution in [0.2, 0.25) is 0 Å². The Morgan fingerprint density at radius 2 is 2.25 bits per heavy atom. The number of nitrogens with zero attached hydrogens (tertiary/aromatic N) is 2. The zero-order chi connectivity index (χ0) is 11.7. The van der Waals surface area contributed by atoms with Gasteiger partial charge in [-0.2, -0.15) is 0 Å². The Morgan fingerprint density at radius 3 is 2.81 bits per heavy atom. The molecule has 1 fully saturated rings. The van der Waals surface area contributed by atoms with Crippen LogP contribution >= 0.6 is 0 Å². The number of pyridine rings is 1. The highest BCUT2D eigenvalue weighted by Gasteiger charge is 2.30. The molecule has 86 valence electrons. The summed E-state index contributed by atoms with van der Waals surface area (Å²) in [5, 5.41) is 0. The molecule has 1 aliphatic heterocycles. The second-order valence-corrected chi connectivity index (χ2v) is 4.18. The lowest BCUT2D eigenvalue weighted by molar-refractivity contribution is 0.0515. The largest absolute Gasteiger partial charge is 0.338 e. The van der Waals surface area contributed by atoms with Crippen LogP contribution in [0.4, 0.5) is 0 Å². The first kappa shape index (κ1) is 10.9. The number of hydrogen-bond acceptors (Lipinski definition) is 3. The molecule has 16 heavy (non-hydrogen) atoms. The molecule has 1 aromatic rings. The van der Waals surface area contributed by atoms with Crippen molar-refractivity contribution in [1.29, 1.82) is 0 Å². The van der Waals surface area contributed by atoms with E-state index in [-0.39, 0.29) is 11.5 Å². The first-order chi connectivity index (χ1) is 7.61. The van der Waals surface area contributed by atoms with Gasteiger partial charge in [-0.15, -0.1) is 0 Å². The summed E-state index contributed by atoms with van der Waals surface area (Å²) in [7, 11) is 1.66. The van der Waals surface area contributed by atoms with E-state index in [2.05, 4.69) is 0 Å². The second kappa shape index (κ2) is 4.09. The maximum Gasteiger partial charge on any atom is 0.254 e. The van der Waals surface area contributed by atoms with Crippen LogP contribution in [0.5, 0.6) is 0 Å². The normalized spacial score (nSPS) is 16.0. The standard InChI is InChI=1S/C11H15N3O2/c1-13-3-2-9(4-10(13)15)11(16)14-6-8(5-12)7-14/h2-4,8H,5-7,12H2,1H3. The molecular formula is C11H15N3O2. The van der Waals surface area contributed by atoms with Gasteiger partial charge >= 0.3 is 0 Å². The van der Waals surface area contributed by atoms with Crippen LogP contribution in [0.25, 0.3) is 0 Å². The molecule has 2 N–H and O–H groups in total. The molecule has 0 radical (unpaired) electrons. The Balaban J connectivity index is 2.10. The Bertz CT molecular complexity index is 461. The van der Waals surface area contributed by atoms with Gasteiger partial charge in [0.25, 0.3) is 11.5 Å². The van der Waals surface area contributed by atoms with Crippen molar-refractivity contribution in [2.24, 2.45) is 18.7 Å². The lowest BCUT2D eigenvalue weighted by Gasteiger charge is -2.38. The molecule has 0 bridgehead atoms. The Morgan fingerprint density at radius 1 is 1.56 bits per heavy atom. The van der Waals surface area contributed by atoms with Crippen LogP contribution in [-0.2, 0) is 7.05 Å². The van der Waals surface area contributed by atoms with E-state index in [0.29, 0.717) is 31.1 Å². The summed E-state index contributed by atoms with van der Waals surface area (Å²) in [6.07, 6.45) is 1.61. The number of carbonyl (C=O) groups excluding carboxylic acids is 1. The molecule has 2 rings (SSSR count). The highest BCUT2D eigenvalue weighted by molar-refractivity contribution is 5.94. The topological polar surface area (TPSA) is 68.3 Å². The van der Waals surface area contributed by atoms with E-state index in [1.807, 2.05) is 0 Å². The second-order valence-electron chi connectivity index (χ2n) is 4.18. The van der Waals surface area contributed by atoms with Crippen molar-refractivity contribution in [1.82, 2.24) is 9.47 Å². The number of amides is 1. The summed E-state index contributed by atoms with van der Waals surface area (Å²) in [4.78, 5) is 25.0. The maximum absolute atomic E-state index is 11.9. The molecule has 1 saturated heterocycles. The van der Waals surface area contributed by atoms with Gasteiger partial charge in [0.05, 0.1) is 0 Å². The van der Waals surface area contributed by atoms with Crippen LogP contribution < -0.4 is 11.3 Å². The SMILES string of the molecule is Cn1ccc(C(=O)N2CC(CN)C2)cc1=O. The van der Waals surface area contributed by atoms with E-state index >= 15 is 0 Å². The average molecular weight is 221 g/mol. The number of hydrogen-bond donors (Lipinski definition) is 1. The van der Waals surface area contributed by atoms with Crippen molar-refractivity contribution >= 4 is 5.91 Å². The van der Waals surface area contributed by atoms with Gasteiger partial charge < -0.3 is 15.2 Å². The summed E-state index contributed by atoms with van der Waals surface area (Å²) < 4.78 is 1.44. The van der Waals surface area contributed by atoms with Crippen molar-refractivity contribution < 1.29 is 4.79 Å². The van der Waals surface area contributed by atoms with Gasteiger partial charge in [0.1, 0.15) is 0 Å². The van der Waals surface area contributed by atoms with Gasteiger partial charge in [-0.05, 0) is 12.6 Å². The van der Waals surface area contributed by atoms with Crippen LogP contribution in [0, 0.1) is 5.92 Å². The highest BCUT2D eigenvalue weighted by Crippen LogP contribution is 2.16. The summed E-state index contributed by atoms with van der Waals surface area (Å²) in [5.74, 6) is 0.331. The average Bonchev–Trinajstić information content (AvgIpc) is 2.20. The third-order valence-corrected chi connectivity index (χ3v) is 2.93. The van der Waals surface area contributed by atoms with Crippen molar-refractivity contribution in [3.05, 3.63) is 34.2 Å². The van der Waals surface area contributed by atoms with E-state index in [4.69, 9.17) is 5.73 Å². The molecular weight excluding hydrogens is 206 g/mol. The van der Waals surface area contributed by atoms with E-state index in [1.165, 1.54) is 10.6 Å². The summed E-state index contributed by atoms with van der Waals surface area (Å²) in [6, 6.07) is 3.04. The smallest absolute Gasteiger partial charge is 0.254 e. The van der Waals surface area contributed by atoms with Gasteiger partial charge in [0.2, 0.25) is 0 Å². The molecule has 1 amide bonds. The Kier molecular flexibility index (Phi) is 2.78. The predicted octanol–water partition coefficient (Wildman–Crippen LogP) is -0.584. The Hall–Kier alpha value is -1.62. The van der Waals surface area contributed by atoms with Crippen molar-refractivity contribution in [2.75, 3.05) is 19.6 Å². The molecule has 0 atom stereocenters. The van der Waals surface area contributed by atoms with Gasteiger partial charge in [0.15, 0.2) is 0 Å². The van der Waals surface area contributed by atoms with Gasteiger partial charge in [-0.1, -0.05) is 0 Å². The molecule has 1 aliphatic rings. The summed E-state index contributed by atoms with van der Waals surface area (Å²) in [5.41, 5.74) is 5.78. The molecule has 0 saturated carbocycles. The van der Waals surface area contributed by atoms with Crippen molar-refractivity contribution in [2.45, 2.75) is 0 Å². The number of aromatic nitrogens is 1. The van der Waals surface area contributed by atoms with E-state index in [9.17, 15) is 9.59 Å². The van der Waals surface area contributed by atoms with E-state index < -0.39 is 0 Å². The predicted molar refractivity (Wildman–Crippen MR) is 60.1 cm³/mol. The fraction of sp³-hybridized carbons (Fsp3) is 0.455. The Labute approximate surface area is 93.5 Å². The number of likely N-dealkylation sites (tertiary alicyclic amines) is 1. The highest BCUT2D eigenvalue weighted by atomic mass is 16.2. The summed E-state index contributed by atoms with van der Waals surface area (Å²) >= 11 is 0. The lowest BCUT2D eigenvalue weighted by Crippen LogP contribution is -2.52. The zero-order valence-corrected chi connectivity index (χ0v) is 9.22. The first-order valence-corrected chi connectivity index (χ1v) is 5.28. The molecule has 0 aromatic carbocycles. The molecule has 5 heteroatoms.